The second-order valence-electron chi connectivity index (χ2n) is 4.30. The molecule has 114 valence electrons. The summed E-state index contributed by atoms with van der Waals surface area (Å²) in [5.74, 6) is 0. The lowest BCUT2D eigenvalue weighted by atomic mass is 10.3. The Morgan fingerprint density at radius 1 is 1.15 bits per heavy atom. The Morgan fingerprint density at radius 3 is 2.30 bits per heavy atom. The van der Waals surface area contributed by atoms with Crippen LogP contribution in [0.2, 0.25) is 0 Å². The zero-order valence-corrected chi connectivity index (χ0v) is 12.4. The van der Waals surface area contributed by atoms with Gasteiger partial charge in [0.15, 0.2) is 0 Å². The molecule has 1 rings (SSSR count). The van der Waals surface area contributed by atoms with Gasteiger partial charge in [0.2, 0.25) is 10.0 Å². The van der Waals surface area contributed by atoms with Gasteiger partial charge in [0, 0.05) is 19.6 Å². The van der Waals surface area contributed by atoms with Crippen LogP contribution in [0.15, 0.2) is 29.2 Å². The third-order valence-corrected chi connectivity index (χ3v) is 4.29. The summed E-state index contributed by atoms with van der Waals surface area (Å²) in [5, 5.41) is 18.1. The number of benzene rings is 1. The number of anilines is 1. The van der Waals surface area contributed by atoms with E-state index < -0.39 is 10.0 Å². The Kier molecular flexibility index (Phi) is 6.94. The van der Waals surface area contributed by atoms with Crippen LogP contribution >= 0.6 is 0 Å². The van der Waals surface area contributed by atoms with E-state index in [0.717, 1.165) is 0 Å². The second kappa shape index (κ2) is 8.21. The highest BCUT2D eigenvalue weighted by Gasteiger charge is 2.20. The molecule has 0 aliphatic carbocycles. The highest BCUT2D eigenvalue weighted by molar-refractivity contribution is 7.89. The van der Waals surface area contributed by atoms with E-state index in [2.05, 4.69) is 4.72 Å². The Labute approximate surface area is 120 Å². The van der Waals surface area contributed by atoms with Gasteiger partial charge in [-0.15, -0.1) is 0 Å². The highest BCUT2D eigenvalue weighted by Crippen LogP contribution is 2.24. The average molecular weight is 302 g/mol. The van der Waals surface area contributed by atoms with E-state index in [1.807, 2.05) is 6.92 Å². The normalized spacial score (nSPS) is 11.6. The molecule has 7 heteroatoms. The summed E-state index contributed by atoms with van der Waals surface area (Å²) >= 11 is 0. The minimum atomic E-state index is -3.59. The molecule has 0 aromatic heterocycles. The monoisotopic (exact) mass is 302 g/mol. The highest BCUT2D eigenvalue weighted by atomic mass is 32.2. The molecule has 0 heterocycles. The molecule has 0 saturated heterocycles. The quantitative estimate of drug-likeness (QED) is 0.605. The molecule has 0 atom stereocenters. The fourth-order valence-electron chi connectivity index (χ4n) is 1.85. The number of nitrogens with one attached hydrogen (secondary N) is 1. The molecular weight excluding hydrogens is 280 g/mol. The number of aliphatic hydroxyl groups excluding tert-OH is 2. The lowest BCUT2D eigenvalue weighted by Crippen LogP contribution is -2.33. The van der Waals surface area contributed by atoms with Crippen molar-refractivity contribution in [3.8, 4) is 0 Å². The summed E-state index contributed by atoms with van der Waals surface area (Å²) in [5.41, 5.74) is 0.485. The molecule has 0 amide bonds. The van der Waals surface area contributed by atoms with E-state index in [0.29, 0.717) is 18.7 Å². The fraction of sp³-hybridized carbons (Fsp3) is 0.538. The lowest BCUT2D eigenvalue weighted by Gasteiger charge is -2.25. The largest absolute Gasteiger partial charge is 0.395 e. The van der Waals surface area contributed by atoms with Gasteiger partial charge < -0.3 is 15.1 Å². The van der Waals surface area contributed by atoms with E-state index in [9.17, 15) is 8.42 Å². The first-order chi connectivity index (χ1) is 9.56. The van der Waals surface area contributed by atoms with Gasteiger partial charge in [0.25, 0.3) is 0 Å². The third-order valence-electron chi connectivity index (χ3n) is 2.78. The minimum Gasteiger partial charge on any atom is -0.395 e. The molecule has 0 aliphatic heterocycles. The summed E-state index contributed by atoms with van der Waals surface area (Å²) in [7, 11) is -3.59. The van der Waals surface area contributed by atoms with Gasteiger partial charge in [-0.3, -0.25) is 0 Å². The van der Waals surface area contributed by atoms with Crippen molar-refractivity contribution >= 4 is 15.7 Å². The molecule has 0 fully saturated rings. The number of para-hydroxylation sites is 1. The molecule has 0 aliphatic rings. The first kappa shape index (κ1) is 16.9. The molecule has 0 radical (unpaired) electrons. The molecule has 1 aromatic carbocycles. The summed E-state index contributed by atoms with van der Waals surface area (Å²) in [6, 6.07) is 6.58. The zero-order chi connectivity index (χ0) is 15.0. The number of sulfonamides is 1. The van der Waals surface area contributed by atoms with Crippen molar-refractivity contribution in [3.05, 3.63) is 24.3 Å². The van der Waals surface area contributed by atoms with Crippen LogP contribution in [0, 0.1) is 0 Å². The molecule has 1 aromatic rings. The molecule has 0 bridgehead atoms. The zero-order valence-electron chi connectivity index (χ0n) is 11.6. The van der Waals surface area contributed by atoms with Crippen molar-refractivity contribution < 1.29 is 18.6 Å². The van der Waals surface area contributed by atoms with Crippen molar-refractivity contribution in [1.82, 2.24) is 4.72 Å². The lowest BCUT2D eigenvalue weighted by molar-refractivity contribution is 0.281. The molecular formula is C13H22N2O4S. The predicted octanol–water partition coefficient (Wildman–Crippen LogP) is 0.166. The van der Waals surface area contributed by atoms with Gasteiger partial charge >= 0.3 is 0 Å². The SMILES string of the molecule is CCCNS(=O)(=O)c1ccccc1N(CCO)CCO. The van der Waals surface area contributed by atoms with Crippen LogP contribution in [0.3, 0.4) is 0 Å². The average Bonchev–Trinajstić information content (AvgIpc) is 2.45. The standard InChI is InChI=1S/C13H22N2O4S/c1-2-7-14-20(18,19)13-6-4-3-5-12(13)15(8-10-16)9-11-17/h3-6,14,16-17H,2,7-11H2,1H3. The van der Waals surface area contributed by atoms with Gasteiger partial charge in [0.1, 0.15) is 4.90 Å². The molecule has 20 heavy (non-hydrogen) atoms. The Hall–Kier alpha value is -1.15. The number of hydrogen-bond donors (Lipinski definition) is 3. The molecule has 3 N–H and O–H groups in total. The van der Waals surface area contributed by atoms with Crippen molar-refractivity contribution in [2.45, 2.75) is 18.2 Å². The molecule has 0 saturated carbocycles. The van der Waals surface area contributed by atoms with Crippen LogP contribution in [0.4, 0.5) is 5.69 Å². The summed E-state index contributed by atoms with van der Waals surface area (Å²) < 4.78 is 27.0. The van der Waals surface area contributed by atoms with E-state index in [4.69, 9.17) is 10.2 Å². The summed E-state index contributed by atoms with van der Waals surface area (Å²) in [6.07, 6.45) is 0.707. The maximum atomic E-state index is 12.3. The van der Waals surface area contributed by atoms with Gasteiger partial charge in [-0.25, -0.2) is 13.1 Å². The number of nitrogens with zero attached hydrogens (tertiary/aromatic N) is 1. The Balaban J connectivity index is 3.14. The van der Waals surface area contributed by atoms with Crippen LogP contribution in [-0.2, 0) is 10.0 Å². The topological polar surface area (TPSA) is 89.9 Å². The Bertz CT molecular complexity index is 499. The summed E-state index contributed by atoms with van der Waals surface area (Å²) in [6.45, 7) is 2.56. The number of rotatable bonds is 9. The van der Waals surface area contributed by atoms with Crippen LogP contribution < -0.4 is 9.62 Å². The van der Waals surface area contributed by atoms with Crippen molar-refractivity contribution in [3.63, 3.8) is 0 Å². The van der Waals surface area contributed by atoms with Crippen LogP contribution in [0.5, 0.6) is 0 Å². The second-order valence-corrected chi connectivity index (χ2v) is 6.04. The minimum absolute atomic E-state index is 0.114. The number of aliphatic hydroxyl groups is 2. The van der Waals surface area contributed by atoms with E-state index in [1.165, 1.54) is 6.07 Å². The van der Waals surface area contributed by atoms with Gasteiger partial charge in [-0.1, -0.05) is 19.1 Å². The number of hydrogen-bond acceptors (Lipinski definition) is 5. The van der Waals surface area contributed by atoms with Gasteiger partial charge in [-0.05, 0) is 18.6 Å². The van der Waals surface area contributed by atoms with Crippen LogP contribution in [0.1, 0.15) is 13.3 Å². The van der Waals surface area contributed by atoms with Crippen LogP contribution in [-0.4, -0.2) is 51.5 Å². The third kappa shape index (κ3) is 4.45. The molecule has 0 unspecified atom stereocenters. The van der Waals surface area contributed by atoms with Gasteiger partial charge in [-0.2, -0.15) is 0 Å². The maximum Gasteiger partial charge on any atom is 0.242 e. The van der Waals surface area contributed by atoms with E-state index in [1.54, 1.807) is 23.1 Å². The maximum absolute atomic E-state index is 12.3. The van der Waals surface area contributed by atoms with E-state index in [-0.39, 0.29) is 31.2 Å². The molecule has 6 nitrogen and oxygen atoms in total. The summed E-state index contributed by atoms with van der Waals surface area (Å²) in [4.78, 5) is 1.82. The Morgan fingerprint density at radius 2 is 1.75 bits per heavy atom. The van der Waals surface area contributed by atoms with Crippen molar-refractivity contribution in [1.29, 1.82) is 0 Å². The first-order valence-corrected chi connectivity index (χ1v) is 8.10. The van der Waals surface area contributed by atoms with E-state index >= 15 is 0 Å². The van der Waals surface area contributed by atoms with Crippen molar-refractivity contribution in [2.24, 2.45) is 0 Å². The fourth-order valence-corrected chi connectivity index (χ4v) is 3.21. The van der Waals surface area contributed by atoms with Gasteiger partial charge in [0.05, 0.1) is 18.9 Å². The molecule has 0 spiro atoms. The predicted molar refractivity (Wildman–Crippen MR) is 78.3 cm³/mol. The van der Waals surface area contributed by atoms with Crippen LogP contribution in [0.25, 0.3) is 0 Å². The first-order valence-electron chi connectivity index (χ1n) is 6.62. The smallest absolute Gasteiger partial charge is 0.242 e. The van der Waals surface area contributed by atoms with Crippen molar-refractivity contribution in [2.75, 3.05) is 37.7 Å².